The Balaban J connectivity index is 1.44. The molecule has 31 heavy (non-hydrogen) atoms. The van der Waals surface area contributed by atoms with E-state index in [1.165, 1.54) is 20.5 Å². The molecule has 4 rings (SSSR count). The summed E-state index contributed by atoms with van der Waals surface area (Å²) in [7, 11) is 3.07. The fourth-order valence-electron chi connectivity index (χ4n) is 2.88. The van der Waals surface area contributed by atoms with Crippen LogP contribution < -0.4 is 19.5 Å². The fourth-order valence-corrected chi connectivity index (χ4v) is 2.88. The van der Waals surface area contributed by atoms with E-state index in [0.717, 1.165) is 0 Å². The van der Waals surface area contributed by atoms with Gasteiger partial charge in [-0.2, -0.15) is 0 Å². The zero-order valence-corrected chi connectivity index (χ0v) is 17.0. The molecule has 0 saturated heterocycles. The topological polar surface area (TPSA) is 87.5 Å². The third-order valence-corrected chi connectivity index (χ3v) is 4.44. The van der Waals surface area contributed by atoms with E-state index in [4.69, 9.17) is 14.2 Å². The van der Waals surface area contributed by atoms with Crippen LogP contribution in [0, 0.1) is 0 Å². The lowest BCUT2D eigenvalue weighted by atomic mass is 10.1. The first-order chi connectivity index (χ1) is 15.1. The SMILES string of the molecule is COc1cc(OC)cc(C(=O)Nc2ccc(Oc3cc(-n4cccc4)ncn3)cc2)c1. The van der Waals surface area contributed by atoms with E-state index in [1.54, 1.807) is 48.5 Å². The summed E-state index contributed by atoms with van der Waals surface area (Å²) in [6.45, 7) is 0. The Morgan fingerprint density at radius 3 is 2.19 bits per heavy atom. The Bertz CT molecular complexity index is 1150. The zero-order valence-electron chi connectivity index (χ0n) is 17.0. The number of amides is 1. The maximum absolute atomic E-state index is 12.6. The third-order valence-electron chi connectivity index (χ3n) is 4.44. The van der Waals surface area contributed by atoms with Crippen LogP contribution in [0.4, 0.5) is 5.69 Å². The van der Waals surface area contributed by atoms with Crippen molar-refractivity contribution in [3.63, 3.8) is 0 Å². The summed E-state index contributed by atoms with van der Waals surface area (Å²) < 4.78 is 18.1. The van der Waals surface area contributed by atoms with Gasteiger partial charge in [-0.05, 0) is 48.5 Å². The summed E-state index contributed by atoms with van der Waals surface area (Å²) in [5.41, 5.74) is 1.05. The van der Waals surface area contributed by atoms with Gasteiger partial charge in [-0.3, -0.25) is 4.79 Å². The summed E-state index contributed by atoms with van der Waals surface area (Å²) in [5.74, 6) is 2.50. The number of ether oxygens (including phenoxy) is 3. The van der Waals surface area contributed by atoms with Gasteiger partial charge >= 0.3 is 0 Å². The van der Waals surface area contributed by atoms with Gasteiger partial charge in [-0.15, -0.1) is 0 Å². The summed E-state index contributed by atoms with van der Waals surface area (Å²) >= 11 is 0. The smallest absolute Gasteiger partial charge is 0.255 e. The molecule has 0 unspecified atom stereocenters. The minimum atomic E-state index is -0.280. The van der Waals surface area contributed by atoms with Crippen molar-refractivity contribution in [2.75, 3.05) is 19.5 Å². The zero-order chi connectivity index (χ0) is 21.6. The largest absolute Gasteiger partial charge is 0.497 e. The van der Waals surface area contributed by atoms with Gasteiger partial charge in [0.05, 0.1) is 14.2 Å². The minimum Gasteiger partial charge on any atom is -0.497 e. The van der Waals surface area contributed by atoms with Crippen molar-refractivity contribution in [2.45, 2.75) is 0 Å². The first-order valence-electron chi connectivity index (χ1n) is 9.42. The molecule has 0 radical (unpaired) electrons. The molecule has 4 aromatic rings. The summed E-state index contributed by atoms with van der Waals surface area (Å²) in [6, 6.07) is 17.6. The number of carbonyl (C=O) groups is 1. The number of benzene rings is 2. The molecule has 1 amide bonds. The number of rotatable bonds is 7. The number of carbonyl (C=O) groups excluding carboxylic acids is 1. The van der Waals surface area contributed by atoms with Crippen LogP contribution >= 0.6 is 0 Å². The van der Waals surface area contributed by atoms with E-state index in [2.05, 4.69) is 15.3 Å². The number of nitrogens with zero attached hydrogens (tertiary/aromatic N) is 3. The molecule has 2 aromatic heterocycles. The molecule has 0 fully saturated rings. The molecule has 2 aromatic carbocycles. The van der Waals surface area contributed by atoms with Crippen LogP contribution in [0.15, 0.2) is 79.4 Å². The van der Waals surface area contributed by atoms with E-state index >= 15 is 0 Å². The van der Waals surface area contributed by atoms with Gasteiger partial charge in [0.1, 0.15) is 29.4 Å². The van der Waals surface area contributed by atoms with Crippen LogP contribution in [0.3, 0.4) is 0 Å². The summed E-state index contributed by atoms with van der Waals surface area (Å²) in [4.78, 5) is 21.0. The van der Waals surface area contributed by atoms with E-state index < -0.39 is 0 Å². The molecule has 2 heterocycles. The maximum atomic E-state index is 12.6. The van der Waals surface area contributed by atoms with Gasteiger partial charge in [0.25, 0.3) is 5.91 Å². The lowest BCUT2D eigenvalue weighted by Gasteiger charge is -2.10. The molecule has 8 heteroatoms. The van der Waals surface area contributed by atoms with Crippen molar-refractivity contribution < 1.29 is 19.0 Å². The molecule has 0 atom stereocenters. The molecule has 1 N–H and O–H groups in total. The van der Waals surface area contributed by atoms with E-state index in [9.17, 15) is 4.79 Å². The van der Waals surface area contributed by atoms with Crippen LogP contribution in [0.2, 0.25) is 0 Å². The molecule has 8 nitrogen and oxygen atoms in total. The predicted octanol–water partition coefficient (Wildman–Crippen LogP) is 4.33. The molecule has 0 spiro atoms. The highest BCUT2D eigenvalue weighted by molar-refractivity contribution is 6.04. The fraction of sp³-hybridized carbons (Fsp3) is 0.0870. The Hall–Kier alpha value is -4.33. The first-order valence-corrected chi connectivity index (χ1v) is 9.42. The molecule has 156 valence electrons. The number of anilines is 1. The van der Waals surface area contributed by atoms with Crippen molar-refractivity contribution in [1.29, 1.82) is 0 Å². The molecular formula is C23H20N4O4. The Morgan fingerprint density at radius 2 is 1.55 bits per heavy atom. The van der Waals surface area contributed by atoms with Gasteiger partial charge in [0, 0.05) is 35.8 Å². The second kappa shape index (κ2) is 9.00. The van der Waals surface area contributed by atoms with E-state index in [-0.39, 0.29) is 5.91 Å². The number of aromatic nitrogens is 3. The van der Waals surface area contributed by atoms with Gasteiger partial charge in [0.15, 0.2) is 0 Å². The second-order valence-electron chi connectivity index (χ2n) is 6.49. The van der Waals surface area contributed by atoms with Crippen LogP contribution in [0.1, 0.15) is 10.4 Å². The molecule has 0 saturated carbocycles. The quantitative estimate of drug-likeness (QED) is 0.483. The number of methoxy groups -OCH3 is 2. The van der Waals surface area contributed by atoms with Gasteiger partial charge < -0.3 is 24.1 Å². The molecular weight excluding hydrogens is 396 g/mol. The van der Waals surface area contributed by atoms with Gasteiger partial charge in [-0.25, -0.2) is 9.97 Å². The summed E-state index contributed by atoms with van der Waals surface area (Å²) in [5, 5.41) is 2.85. The molecule has 0 aliphatic rings. The van der Waals surface area contributed by atoms with Crippen molar-refractivity contribution in [2.24, 2.45) is 0 Å². The van der Waals surface area contributed by atoms with Gasteiger partial charge in [-0.1, -0.05) is 0 Å². The minimum absolute atomic E-state index is 0.280. The first kappa shape index (κ1) is 20.0. The number of nitrogens with one attached hydrogen (secondary N) is 1. The average Bonchev–Trinajstić information content (AvgIpc) is 3.35. The monoisotopic (exact) mass is 416 g/mol. The van der Waals surface area contributed by atoms with Crippen LogP contribution in [-0.4, -0.2) is 34.7 Å². The lowest BCUT2D eigenvalue weighted by molar-refractivity contribution is 0.102. The van der Waals surface area contributed by atoms with Crippen molar-refractivity contribution >= 4 is 11.6 Å². The van der Waals surface area contributed by atoms with Crippen molar-refractivity contribution in [3.05, 3.63) is 84.9 Å². The predicted molar refractivity (Wildman–Crippen MR) is 115 cm³/mol. The average molecular weight is 416 g/mol. The van der Waals surface area contributed by atoms with E-state index in [1.807, 2.05) is 29.1 Å². The van der Waals surface area contributed by atoms with Crippen molar-refractivity contribution in [3.8, 4) is 28.9 Å². The Morgan fingerprint density at radius 1 is 0.871 bits per heavy atom. The maximum Gasteiger partial charge on any atom is 0.255 e. The Labute approximate surface area is 179 Å². The van der Waals surface area contributed by atoms with Crippen molar-refractivity contribution in [1.82, 2.24) is 14.5 Å². The Kier molecular flexibility index (Phi) is 5.79. The summed E-state index contributed by atoms with van der Waals surface area (Å²) in [6.07, 6.45) is 5.23. The molecule has 0 aliphatic heterocycles. The standard InChI is InChI=1S/C23H20N4O4/c1-29-19-11-16(12-20(13-19)30-2)23(28)26-17-5-7-18(8-6-17)31-22-14-21(24-15-25-22)27-9-3-4-10-27/h3-15H,1-2H3,(H,26,28). The van der Waals surface area contributed by atoms with E-state index in [0.29, 0.717) is 40.2 Å². The van der Waals surface area contributed by atoms with Crippen LogP contribution in [0.5, 0.6) is 23.1 Å². The highest BCUT2D eigenvalue weighted by Crippen LogP contribution is 2.25. The molecule has 0 bridgehead atoms. The van der Waals surface area contributed by atoms with Gasteiger partial charge in [0.2, 0.25) is 5.88 Å². The lowest BCUT2D eigenvalue weighted by Crippen LogP contribution is -2.12. The third kappa shape index (κ3) is 4.81. The highest BCUT2D eigenvalue weighted by atomic mass is 16.5. The number of hydrogen-bond donors (Lipinski definition) is 1. The normalized spacial score (nSPS) is 10.4. The number of hydrogen-bond acceptors (Lipinski definition) is 6. The molecule has 0 aliphatic carbocycles. The highest BCUT2D eigenvalue weighted by Gasteiger charge is 2.11. The second-order valence-corrected chi connectivity index (χ2v) is 6.49. The van der Waals surface area contributed by atoms with Crippen LogP contribution in [0.25, 0.3) is 5.82 Å². The van der Waals surface area contributed by atoms with Crippen LogP contribution in [-0.2, 0) is 0 Å².